The summed E-state index contributed by atoms with van der Waals surface area (Å²) in [6.45, 7) is 9.70. The molecule has 0 radical (unpaired) electrons. The van der Waals surface area contributed by atoms with Crippen LogP contribution >= 0.6 is 0 Å². The highest BCUT2D eigenvalue weighted by Crippen LogP contribution is 2.58. The molecule has 7 nitrogen and oxygen atoms in total. The summed E-state index contributed by atoms with van der Waals surface area (Å²) >= 11 is 0. The monoisotopic (exact) mass is 422 g/mol. The zero-order valence-electron chi connectivity index (χ0n) is 18.8. The maximum Gasteiger partial charge on any atom is 0.230 e. The smallest absolute Gasteiger partial charge is 0.230 e. The molecule has 2 aromatic rings. The van der Waals surface area contributed by atoms with Crippen LogP contribution in [-0.4, -0.2) is 74.6 Å². The number of amides is 1. The van der Waals surface area contributed by atoms with E-state index in [2.05, 4.69) is 44.0 Å². The third-order valence-corrected chi connectivity index (χ3v) is 8.03. The van der Waals surface area contributed by atoms with E-state index < -0.39 is 0 Å². The van der Waals surface area contributed by atoms with Gasteiger partial charge in [-0.05, 0) is 50.9 Å². The number of likely N-dealkylation sites (tertiary alicyclic amines) is 3. The molecule has 0 saturated carbocycles. The molecule has 0 bridgehead atoms. The van der Waals surface area contributed by atoms with Crippen molar-refractivity contribution in [2.24, 2.45) is 17.9 Å². The fourth-order valence-corrected chi connectivity index (χ4v) is 6.41. The zero-order chi connectivity index (χ0) is 21.5. The SMILES string of the molecule is CCN1CCC2(CN(Cc3cccnc3)CC23CCN(Cc2cnn(C)c2)CC3)C1=O. The van der Waals surface area contributed by atoms with Gasteiger partial charge in [0.15, 0.2) is 0 Å². The number of rotatable bonds is 5. The maximum absolute atomic E-state index is 13.7. The van der Waals surface area contributed by atoms with Crippen LogP contribution in [0.15, 0.2) is 36.9 Å². The minimum atomic E-state index is -0.217. The van der Waals surface area contributed by atoms with Crippen molar-refractivity contribution in [2.75, 3.05) is 39.3 Å². The Labute approximate surface area is 185 Å². The second-order valence-corrected chi connectivity index (χ2v) is 9.80. The Balaban J connectivity index is 1.35. The topological polar surface area (TPSA) is 57.5 Å². The first-order chi connectivity index (χ1) is 15.0. The first kappa shape index (κ1) is 20.6. The third-order valence-electron chi connectivity index (χ3n) is 8.03. The first-order valence-electron chi connectivity index (χ1n) is 11.6. The van der Waals surface area contributed by atoms with Crippen LogP contribution in [0.5, 0.6) is 0 Å². The summed E-state index contributed by atoms with van der Waals surface area (Å²) in [6.07, 6.45) is 11.1. The zero-order valence-corrected chi connectivity index (χ0v) is 18.8. The number of pyridine rings is 1. The van der Waals surface area contributed by atoms with Gasteiger partial charge in [-0.3, -0.25) is 24.3 Å². The lowest BCUT2D eigenvalue weighted by molar-refractivity contribution is -0.142. The fourth-order valence-electron chi connectivity index (χ4n) is 6.41. The van der Waals surface area contributed by atoms with Gasteiger partial charge in [-0.1, -0.05) is 6.07 Å². The van der Waals surface area contributed by atoms with E-state index in [0.29, 0.717) is 5.91 Å². The maximum atomic E-state index is 13.7. The van der Waals surface area contributed by atoms with Gasteiger partial charge in [0, 0.05) is 75.9 Å². The van der Waals surface area contributed by atoms with Gasteiger partial charge < -0.3 is 4.90 Å². The van der Waals surface area contributed by atoms with Crippen LogP contribution in [0, 0.1) is 10.8 Å². The quantitative estimate of drug-likeness (QED) is 0.739. The molecule has 31 heavy (non-hydrogen) atoms. The highest BCUT2D eigenvalue weighted by molar-refractivity contribution is 5.86. The summed E-state index contributed by atoms with van der Waals surface area (Å²) in [6, 6.07) is 4.16. The molecule has 3 aliphatic rings. The second-order valence-electron chi connectivity index (χ2n) is 9.80. The molecule has 0 N–H and O–H groups in total. The van der Waals surface area contributed by atoms with Crippen LogP contribution in [0.1, 0.15) is 37.3 Å². The third kappa shape index (κ3) is 3.57. The van der Waals surface area contributed by atoms with Crippen molar-refractivity contribution in [2.45, 2.75) is 39.3 Å². The lowest BCUT2D eigenvalue weighted by Crippen LogP contribution is -2.52. The molecule has 1 atom stereocenters. The Morgan fingerprint density at radius 1 is 1.00 bits per heavy atom. The number of aromatic nitrogens is 3. The minimum absolute atomic E-state index is 0.0850. The summed E-state index contributed by atoms with van der Waals surface area (Å²) in [4.78, 5) is 25.1. The minimum Gasteiger partial charge on any atom is -0.342 e. The summed E-state index contributed by atoms with van der Waals surface area (Å²) in [5.74, 6) is 0.407. The van der Waals surface area contributed by atoms with Crippen LogP contribution in [0.2, 0.25) is 0 Å². The van der Waals surface area contributed by atoms with Crippen molar-refractivity contribution in [1.29, 1.82) is 0 Å². The number of aryl methyl sites for hydroxylation is 1. The Morgan fingerprint density at radius 3 is 2.45 bits per heavy atom. The molecular weight excluding hydrogens is 388 g/mol. The molecule has 5 heterocycles. The van der Waals surface area contributed by atoms with E-state index in [4.69, 9.17) is 0 Å². The van der Waals surface area contributed by atoms with E-state index in [1.807, 2.05) is 36.4 Å². The number of fused-ring (bicyclic) bond motifs is 1. The Hall–Kier alpha value is -2.25. The predicted octanol–water partition coefficient (Wildman–Crippen LogP) is 2.15. The van der Waals surface area contributed by atoms with Crippen molar-refractivity contribution in [3.63, 3.8) is 0 Å². The molecule has 1 unspecified atom stereocenters. The Bertz CT molecular complexity index is 919. The molecular formula is C24H34N6O. The molecule has 7 heteroatoms. The normalized spacial score (nSPS) is 26.5. The molecule has 1 amide bonds. The van der Waals surface area contributed by atoms with Crippen LogP contribution in [0.25, 0.3) is 0 Å². The molecule has 166 valence electrons. The van der Waals surface area contributed by atoms with Gasteiger partial charge in [0.25, 0.3) is 0 Å². The van der Waals surface area contributed by atoms with Crippen molar-refractivity contribution in [3.05, 3.63) is 48.0 Å². The number of nitrogens with zero attached hydrogens (tertiary/aromatic N) is 6. The van der Waals surface area contributed by atoms with E-state index in [0.717, 1.165) is 71.6 Å². The largest absolute Gasteiger partial charge is 0.342 e. The molecule has 3 saturated heterocycles. The number of hydrogen-bond acceptors (Lipinski definition) is 5. The van der Waals surface area contributed by atoms with Crippen molar-refractivity contribution in [1.82, 2.24) is 29.5 Å². The summed E-state index contributed by atoms with van der Waals surface area (Å²) in [5, 5.41) is 4.32. The second kappa shape index (κ2) is 8.02. The summed E-state index contributed by atoms with van der Waals surface area (Å²) < 4.78 is 1.87. The Morgan fingerprint density at radius 2 is 1.81 bits per heavy atom. The molecule has 2 spiro atoms. The number of piperidine rings is 1. The number of hydrogen-bond donors (Lipinski definition) is 0. The van der Waals surface area contributed by atoms with E-state index in [-0.39, 0.29) is 10.8 Å². The molecule has 2 aromatic heterocycles. The van der Waals surface area contributed by atoms with Crippen molar-refractivity contribution in [3.8, 4) is 0 Å². The Kier molecular flexibility index (Phi) is 5.34. The van der Waals surface area contributed by atoms with E-state index in [9.17, 15) is 4.79 Å². The van der Waals surface area contributed by atoms with Crippen molar-refractivity contribution >= 4 is 5.91 Å². The molecule has 5 rings (SSSR count). The van der Waals surface area contributed by atoms with E-state index in [1.165, 1.54) is 11.1 Å². The first-order valence-corrected chi connectivity index (χ1v) is 11.6. The average Bonchev–Trinajstić information content (AvgIpc) is 3.42. The van der Waals surface area contributed by atoms with Crippen LogP contribution in [0.3, 0.4) is 0 Å². The predicted molar refractivity (Wildman–Crippen MR) is 119 cm³/mol. The van der Waals surface area contributed by atoms with Crippen LogP contribution in [0.4, 0.5) is 0 Å². The van der Waals surface area contributed by atoms with Gasteiger partial charge in [-0.25, -0.2) is 0 Å². The highest BCUT2D eigenvalue weighted by atomic mass is 16.2. The number of carbonyl (C=O) groups excluding carboxylic acids is 1. The molecule has 3 fully saturated rings. The van der Waals surface area contributed by atoms with Crippen LogP contribution < -0.4 is 0 Å². The van der Waals surface area contributed by atoms with Gasteiger partial charge in [0.2, 0.25) is 5.91 Å². The van der Waals surface area contributed by atoms with Gasteiger partial charge in [0.1, 0.15) is 0 Å². The van der Waals surface area contributed by atoms with Gasteiger partial charge in [-0.15, -0.1) is 0 Å². The van der Waals surface area contributed by atoms with Gasteiger partial charge >= 0.3 is 0 Å². The lowest BCUT2D eigenvalue weighted by Gasteiger charge is -2.47. The van der Waals surface area contributed by atoms with Crippen LogP contribution in [-0.2, 0) is 24.9 Å². The van der Waals surface area contributed by atoms with Crippen molar-refractivity contribution < 1.29 is 4.79 Å². The van der Waals surface area contributed by atoms with Gasteiger partial charge in [0.05, 0.1) is 11.6 Å². The fraction of sp³-hybridized carbons (Fsp3) is 0.625. The summed E-state index contributed by atoms with van der Waals surface area (Å²) in [5.41, 5.74) is 2.38. The summed E-state index contributed by atoms with van der Waals surface area (Å²) in [7, 11) is 1.97. The average molecular weight is 423 g/mol. The lowest BCUT2D eigenvalue weighted by atomic mass is 9.60. The van der Waals surface area contributed by atoms with E-state index >= 15 is 0 Å². The highest BCUT2D eigenvalue weighted by Gasteiger charge is 2.64. The van der Waals surface area contributed by atoms with Gasteiger partial charge in [-0.2, -0.15) is 5.10 Å². The standard InChI is InChI=1S/C24H34N6O/c1-3-30-12-8-24(22(30)31)19-29(16-20-5-4-9-25-13-20)18-23(24)6-10-28(11-7-23)17-21-14-26-27(2)15-21/h4-5,9,13-15H,3,6-8,10-12,16-19H2,1-2H3. The molecule has 0 aromatic carbocycles. The number of carbonyl (C=O) groups is 1. The van der Waals surface area contributed by atoms with E-state index in [1.54, 1.807) is 0 Å². The molecule has 3 aliphatic heterocycles. The molecule has 0 aliphatic carbocycles.